The lowest BCUT2D eigenvalue weighted by molar-refractivity contribution is 0.387. The molecule has 0 radical (unpaired) electrons. The van der Waals surface area contributed by atoms with Crippen LogP contribution in [0.4, 0.5) is 17.5 Å². The van der Waals surface area contributed by atoms with E-state index in [-0.39, 0.29) is 0 Å². The zero-order chi connectivity index (χ0) is 19.0. The van der Waals surface area contributed by atoms with Gasteiger partial charge in [-0.15, -0.1) is 0 Å². The van der Waals surface area contributed by atoms with Crippen LogP contribution in [0.3, 0.4) is 0 Å². The summed E-state index contributed by atoms with van der Waals surface area (Å²) in [5, 5.41) is 9.57. The van der Waals surface area contributed by atoms with Gasteiger partial charge in [0.15, 0.2) is 0 Å². The van der Waals surface area contributed by atoms with Gasteiger partial charge in [-0.3, -0.25) is 0 Å². The molecular formula is C21H26N6. The Morgan fingerprint density at radius 2 is 2.00 bits per heavy atom. The molecule has 0 saturated carbocycles. The van der Waals surface area contributed by atoms with Crippen LogP contribution in [-0.2, 0) is 0 Å². The number of aromatic nitrogens is 2. The van der Waals surface area contributed by atoms with Gasteiger partial charge in [0.2, 0.25) is 5.95 Å². The van der Waals surface area contributed by atoms with Gasteiger partial charge in [0.1, 0.15) is 11.9 Å². The summed E-state index contributed by atoms with van der Waals surface area (Å²) in [6.07, 6.45) is 4.17. The molecule has 2 aromatic rings. The van der Waals surface area contributed by atoms with Crippen LogP contribution in [0.15, 0.2) is 30.5 Å². The van der Waals surface area contributed by atoms with E-state index >= 15 is 0 Å². The highest BCUT2D eigenvalue weighted by Gasteiger charge is 2.39. The lowest BCUT2D eigenvalue weighted by atomic mass is 9.92. The number of fused-ring (bicyclic) bond motifs is 1. The fraction of sp³-hybridized carbons (Fsp3) is 0.476. The molecule has 3 heterocycles. The van der Waals surface area contributed by atoms with Crippen LogP contribution in [0, 0.1) is 24.2 Å². The first-order chi connectivity index (χ1) is 13.1. The summed E-state index contributed by atoms with van der Waals surface area (Å²) in [4.78, 5) is 16.0. The highest BCUT2D eigenvalue weighted by atomic mass is 15.3. The van der Waals surface area contributed by atoms with E-state index in [0.717, 1.165) is 49.1 Å². The summed E-state index contributed by atoms with van der Waals surface area (Å²) in [6.45, 7) is 5.00. The topological polar surface area (TPSA) is 59.3 Å². The average Bonchev–Trinajstić information content (AvgIpc) is 3.11. The van der Waals surface area contributed by atoms with E-state index < -0.39 is 0 Å². The zero-order valence-electron chi connectivity index (χ0n) is 16.3. The Hall–Kier alpha value is -2.81. The Balaban J connectivity index is 1.61. The molecule has 0 bridgehead atoms. The normalized spacial score (nSPS) is 21.7. The van der Waals surface area contributed by atoms with Crippen molar-refractivity contribution < 1.29 is 0 Å². The van der Waals surface area contributed by atoms with Gasteiger partial charge in [0.05, 0.1) is 11.3 Å². The third-order valence-electron chi connectivity index (χ3n) is 5.81. The van der Waals surface area contributed by atoms with Crippen LogP contribution in [0.2, 0.25) is 0 Å². The molecule has 0 spiro atoms. The van der Waals surface area contributed by atoms with Crippen molar-refractivity contribution in [2.24, 2.45) is 5.92 Å². The van der Waals surface area contributed by atoms with Crippen molar-refractivity contribution in [2.45, 2.75) is 25.8 Å². The average molecular weight is 362 g/mol. The second-order valence-electron chi connectivity index (χ2n) is 7.79. The molecular weight excluding hydrogens is 336 g/mol. The molecule has 2 aliphatic rings. The van der Waals surface area contributed by atoms with Crippen LogP contribution in [-0.4, -0.2) is 49.7 Å². The molecule has 0 amide bonds. The Morgan fingerprint density at radius 1 is 1.19 bits per heavy atom. The lowest BCUT2D eigenvalue weighted by Gasteiger charge is -2.39. The van der Waals surface area contributed by atoms with E-state index in [2.05, 4.69) is 33.8 Å². The maximum absolute atomic E-state index is 9.57. The monoisotopic (exact) mass is 362 g/mol. The summed E-state index contributed by atoms with van der Waals surface area (Å²) in [6, 6.07) is 10.8. The molecule has 0 N–H and O–H groups in total. The van der Waals surface area contributed by atoms with Crippen molar-refractivity contribution in [3.63, 3.8) is 0 Å². The summed E-state index contributed by atoms with van der Waals surface area (Å²) >= 11 is 0. The van der Waals surface area contributed by atoms with Gasteiger partial charge in [-0.05, 0) is 49.4 Å². The number of piperidine rings is 1. The van der Waals surface area contributed by atoms with Gasteiger partial charge < -0.3 is 14.7 Å². The second kappa shape index (κ2) is 7.07. The van der Waals surface area contributed by atoms with Gasteiger partial charge in [-0.2, -0.15) is 10.2 Å². The zero-order valence-corrected chi connectivity index (χ0v) is 16.3. The maximum Gasteiger partial charge on any atom is 0.227 e. The summed E-state index contributed by atoms with van der Waals surface area (Å²) in [5.41, 5.74) is 3.04. The Morgan fingerprint density at radius 3 is 2.78 bits per heavy atom. The predicted octanol–water partition coefficient (Wildman–Crippen LogP) is 2.83. The van der Waals surface area contributed by atoms with Crippen molar-refractivity contribution in [3.8, 4) is 6.07 Å². The van der Waals surface area contributed by atoms with Crippen molar-refractivity contribution >= 4 is 17.5 Å². The minimum absolute atomic E-state index is 0.402. The number of nitrogens with zero attached hydrogens (tertiary/aromatic N) is 6. The van der Waals surface area contributed by atoms with E-state index in [1.807, 2.05) is 43.4 Å². The first kappa shape index (κ1) is 17.6. The third-order valence-corrected chi connectivity index (χ3v) is 5.81. The molecule has 6 nitrogen and oxygen atoms in total. The van der Waals surface area contributed by atoms with Gasteiger partial charge in [-0.25, -0.2) is 4.98 Å². The van der Waals surface area contributed by atoms with Gasteiger partial charge >= 0.3 is 0 Å². The maximum atomic E-state index is 9.57. The minimum atomic E-state index is 0.402. The Kier molecular flexibility index (Phi) is 4.61. The molecule has 1 aromatic carbocycles. The number of nitriles is 1. The largest absolute Gasteiger partial charge is 0.365 e. The summed E-state index contributed by atoms with van der Waals surface area (Å²) < 4.78 is 0. The molecule has 2 aliphatic heterocycles. The second-order valence-corrected chi connectivity index (χ2v) is 7.79. The van der Waals surface area contributed by atoms with Crippen molar-refractivity contribution in [1.82, 2.24) is 9.97 Å². The third kappa shape index (κ3) is 3.30. The standard InChI is InChI=1S/C21H26N6/c1-15-4-5-17(13-22)18(12-15)27-11-8-16-7-10-26(14-19(16)27)21-23-9-6-20(24-21)25(2)3/h4-6,9,12,16,19H,7-8,10-11,14H2,1-3H3. The SMILES string of the molecule is Cc1ccc(C#N)c(N2CCC3CCN(c4nccc(N(C)C)n4)CC32)c1. The van der Waals surface area contributed by atoms with Crippen LogP contribution in [0.5, 0.6) is 0 Å². The van der Waals surface area contributed by atoms with E-state index in [0.29, 0.717) is 12.0 Å². The van der Waals surface area contributed by atoms with Crippen LogP contribution in [0.25, 0.3) is 0 Å². The fourth-order valence-electron chi connectivity index (χ4n) is 4.34. The molecule has 0 aliphatic carbocycles. The number of hydrogen-bond donors (Lipinski definition) is 0. The van der Waals surface area contributed by atoms with Crippen molar-refractivity contribution in [2.75, 3.05) is 48.4 Å². The molecule has 1 aromatic heterocycles. The number of anilines is 3. The van der Waals surface area contributed by atoms with Crippen LogP contribution < -0.4 is 14.7 Å². The first-order valence-corrected chi connectivity index (χ1v) is 9.59. The highest BCUT2D eigenvalue weighted by Crippen LogP contribution is 2.37. The molecule has 140 valence electrons. The van der Waals surface area contributed by atoms with Crippen molar-refractivity contribution in [1.29, 1.82) is 5.26 Å². The number of benzene rings is 1. The highest BCUT2D eigenvalue weighted by molar-refractivity contribution is 5.62. The quantitative estimate of drug-likeness (QED) is 0.837. The molecule has 2 fully saturated rings. The molecule has 2 unspecified atom stereocenters. The van der Waals surface area contributed by atoms with Crippen LogP contribution >= 0.6 is 0 Å². The van der Waals surface area contributed by atoms with E-state index in [9.17, 15) is 5.26 Å². The smallest absolute Gasteiger partial charge is 0.227 e. The minimum Gasteiger partial charge on any atom is -0.365 e. The van der Waals surface area contributed by atoms with E-state index in [4.69, 9.17) is 4.98 Å². The predicted molar refractivity (Wildman–Crippen MR) is 108 cm³/mol. The molecule has 2 saturated heterocycles. The number of rotatable bonds is 3. The van der Waals surface area contributed by atoms with Gasteiger partial charge in [0.25, 0.3) is 0 Å². The van der Waals surface area contributed by atoms with Crippen LogP contribution in [0.1, 0.15) is 24.0 Å². The van der Waals surface area contributed by atoms with Gasteiger partial charge in [-0.1, -0.05) is 6.07 Å². The molecule has 4 rings (SSSR count). The van der Waals surface area contributed by atoms with Gasteiger partial charge in [0, 0.05) is 46.0 Å². The summed E-state index contributed by atoms with van der Waals surface area (Å²) in [5.74, 6) is 2.40. The molecule has 2 atom stereocenters. The Labute approximate surface area is 161 Å². The van der Waals surface area contributed by atoms with Crippen molar-refractivity contribution in [3.05, 3.63) is 41.6 Å². The van der Waals surface area contributed by atoms with E-state index in [1.54, 1.807) is 0 Å². The number of hydrogen-bond acceptors (Lipinski definition) is 6. The molecule has 27 heavy (non-hydrogen) atoms. The fourth-order valence-corrected chi connectivity index (χ4v) is 4.34. The first-order valence-electron chi connectivity index (χ1n) is 9.59. The number of aryl methyl sites for hydroxylation is 1. The lowest BCUT2D eigenvalue weighted by Crippen LogP contribution is -2.49. The van der Waals surface area contributed by atoms with E-state index in [1.165, 1.54) is 12.0 Å². The summed E-state index contributed by atoms with van der Waals surface area (Å²) in [7, 11) is 4.00. The molecule has 6 heteroatoms. The Bertz CT molecular complexity index is 871.